The molecular weight excluding hydrogens is 799 g/mol. The molecule has 3 aromatic rings. The van der Waals surface area contributed by atoms with Gasteiger partial charge in [-0.1, -0.05) is 57.8 Å². The van der Waals surface area contributed by atoms with E-state index in [-0.39, 0.29) is 34.4 Å². The second kappa shape index (κ2) is 18.6. The summed E-state index contributed by atoms with van der Waals surface area (Å²) >= 11 is 6.18. The zero-order chi connectivity index (χ0) is 44.2. The number of hydrogen-bond acceptors (Lipinski definition) is 8. The third kappa shape index (κ3) is 12.8. The smallest absolute Gasteiger partial charge is 0.412 e. The largest absolute Gasteiger partial charge is 0.444 e. The number of amides is 4. The van der Waals surface area contributed by atoms with Gasteiger partial charge in [0.1, 0.15) is 18.0 Å². The molecule has 0 saturated heterocycles. The number of rotatable bonds is 18. The van der Waals surface area contributed by atoms with Crippen molar-refractivity contribution in [3.63, 3.8) is 0 Å². The lowest BCUT2D eigenvalue weighted by Gasteiger charge is -2.37. The van der Waals surface area contributed by atoms with E-state index >= 15 is 4.39 Å². The summed E-state index contributed by atoms with van der Waals surface area (Å²) in [6.07, 6.45) is 1.88. The number of halogens is 2. The minimum Gasteiger partial charge on any atom is -0.444 e. The molecule has 1 aromatic heterocycles. The minimum absolute atomic E-state index is 0.0844. The third-order valence-corrected chi connectivity index (χ3v) is 19.0. The van der Waals surface area contributed by atoms with Gasteiger partial charge in [-0.2, -0.15) is 5.10 Å². The number of ether oxygens (including phenoxy) is 1. The zero-order valence-electron chi connectivity index (χ0n) is 36.2. The Kier molecular flexibility index (Phi) is 15.6. The molecule has 0 spiro atoms. The van der Waals surface area contributed by atoms with Crippen LogP contribution in [0.25, 0.3) is 10.9 Å². The number of hydrogen-bond donors (Lipinski definition) is 5. The van der Waals surface area contributed by atoms with Gasteiger partial charge in [0.25, 0.3) is 5.91 Å². The maximum Gasteiger partial charge on any atom is 0.412 e. The first-order valence-electron chi connectivity index (χ1n) is 19.7. The minimum atomic E-state index is -2.61. The fraction of sp³-hybridized carbons (Fsp3) is 0.585. The molecule has 0 saturated carbocycles. The van der Waals surface area contributed by atoms with Crippen LogP contribution in [0.4, 0.5) is 14.9 Å². The lowest BCUT2D eigenvalue weighted by molar-refractivity contribution is -0.139. The van der Waals surface area contributed by atoms with Crippen molar-refractivity contribution < 1.29 is 37.9 Å². The summed E-state index contributed by atoms with van der Waals surface area (Å²) in [6.45, 7) is 21.7. The van der Waals surface area contributed by atoms with Gasteiger partial charge in [0, 0.05) is 22.7 Å². The van der Waals surface area contributed by atoms with Gasteiger partial charge in [0.15, 0.2) is 22.3 Å². The average molecular weight is 864 g/mol. The van der Waals surface area contributed by atoms with Crippen LogP contribution in [0, 0.1) is 5.82 Å². The van der Waals surface area contributed by atoms with Crippen molar-refractivity contribution in [3.8, 4) is 0 Å². The number of aromatic nitrogens is 2. The Bertz CT molecular complexity index is 1970. The van der Waals surface area contributed by atoms with E-state index in [1.165, 1.54) is 21.7 Å². The van der Waals surface area contributed by atoms with Crippen LogP contribution in [-0.4, -0.2) is 82.9 Å². The number of carbonyl (C=O) groups is 4. The Morgan fingerprint density at radius 2 is 1.57 bits per heavy atom. The van der Waals surface area contributed by atoms with Gasteiger partial charge in [-0.25, -0.2) is 9.18 Å². The molecule has 58 heavy (non-hydrogen) atoms. The number of nitrogens with zero attached hydrogens (tertiary/aromatic N) is 3. The highest BCUT2D eigenvalue weighted by Crippen LogP contribution is 2.42. The van der Waals surface area contributed by atoms with Crippen LogP contribution in [0.15, 0.2) is 36.4 Å². The van der Waals surface area contributed by atoms with Crippen molar-refractivity contribution >= 4 is 68.6 Å². The maximum atomic E-state index is 15.5. The quantitative estimate of drug-likeness (QED) is 0.0791. The van der Waals surface area contributed by atoms with Crippen molar-refractivity contribution in [2.75, 3.05) is 11.9 Å². The number of fused-ring (bicyclic) bond motifs is 1. The van der Waals surface area contributed by atoms with Crippen LogP contribution in [0.2, 0.25) is 41.3 Å². The molecule has 0 unspecified atom stereocenters. The van der Waals surface area contributed by atoms with Crippen molar-refractivity contribution in [1.82, 2.24) is 20.0 Å². The average Bonchev–Trinajstić information content (AvgIpc) is 3.42. The molecule has 0 aliphatic heterocycles. The molecule has 2 aromatic carbocycles. The Labute approximate surface area is 349 Å². The first kappa shape index (κ1) is 48.5. The lowest BCUT2D eigenvalue weighted by Crippen LogP contribution is -2.48. The van der Waals surface area contributed by atoms with E-state index in [4.69, 9.17) is 22.1 Å². The van der Waals surface area contributed by atoms with Crippen molar-refractivity contribution in [2.24, 2.45) is 5.73 Å². The monoisotopic (exact) mass is 862 g/mol. The van der Waals surface area contributed by atoms with Gasteiger partial charge in [0.2, 0.25) is 11.8 Å². The predicted octanol–water partition coefficient (Wildman–Crippen LogP) is 8.26. The molecule has 6 N–H and O–H groups in total. The Balaban J connectivity index is 1.98. The molecule has 13 nitrogen and oxygen atoms in total. The summed E-state index contributed by atoms with van der Waals surface area (Å²) in [5.41, 5.74) is 5.76. The molecule has 0 fully saturated rings. The molecule has 322 valence electrons. The third-order valence-electron chi connectivity index (χ3n) is 11.6. The van der Waals surface area contributed by atoms with Crippen LogP contribution in [0.3, 0.4) is 0 Å². The second-order valence-electron chi connectivity index (χ2n) is 18.7. The molecular formula is C41H64ClFN6O7Si2. The molecule has 0 aliphatic carbocycles. The number of benzene rings is 2. The van der Waals surface area contributed by atoms with E-state index in [9.17, 15) is 28.8 Å². The van der Waals surface area contributed by atoms with Crippen molar-refractivity contribution in [2.45, 2.75) is 148 Å². The summed E-state index contributed by atoms with van der Waals surface area (Å²) in [4.78, 5) is 76.7. The van der Waals surface area contributed by atoms with E-state index in [2.05, 4.69) is 15.7 Å². The summed E-state index contributed by atoms with van der Waals surface area (Å²) < 4.78 is 22.2. The van der Waals surface area contributed by atoms with Gasteiger partial charge >= 0.3 is 6.09 Å². The topological polar surface area (TPSA) is 189 Å². The molecule has 0 bridgehead atoms. The summed E-state index contributed by atoms with van der Waals surface area (Å²) in [5.74, 6) is -2.51. The van der Waals surface area contributed by atoms with Gasteiger partial charge in [-0.3, -0.25) is 24.4 Å². The van der Waals surface area contributed by atoms with Gasteiger partial charge in [-0.05, 0) is 114 Å². The second-order valence-corrected chi connectivity index (χ2v) is 28.0. The Morgan fingerprint density at radius 3 is 2.14 bits per heavy atom. The van der Waals surface area contributed by atoms with Crippen molar-refractivity contribution in [3.05, 3.63) is 58.5 Å². The summed E-state index contributed by atoms with van der Waals surface area (Å²) in [6, 6.07) is 8.04. The summed E-state index contributed by atoms with van der Waals surface area (Å²) in [7, 11) is -5.15. The van der Waals surface area contributed by atoms with Crippen LogP contribution < -0.4 is 16.4 Å². The van der Waals surface area contributed by atoms with Crippen LogP contribution >= 0.6 is 11.6 Å². The Hall–Kier alpha value is -3.84. The van der Waals surface area contributed by atoms with E-state index in [0.717, 1.165) is 0 Å². The van der Waals surface area contributed by atoms with Crippen LogP contribution in [0.5, 0.6) is 0 Å². The first-order chi connectivity index (χ1) is 26.4. The van der Waals surface area contributed by atoms with E-state index in [0.29, 0.717) is 48.7 Å². The molecule has 0 aliphatic rings. The fourth-order valence-electron chi connectivity index (χ4n) is 6.26. The number of nitrogens with one attached hydrogen (secondary N) is 2. The summed E-state index contributed by atoms with van der Waals surface area (Å²) in [5, 5.41) is 9.44. The molecule has 1 heterocycles. The maximum absolute atomic E-state index is 15.5. The van der Waals surface area contributed by atoms with E-state index in [1.807, 2.05) is 60.8 Å². The standard InChI is InChI=1S/C41H64ClFN6O7Si2/c1-26(20-22-41(7,8)58(11,12)55)48(24-33(50)46-31(28-15-13-16-30(42)35(28)43)17-14-21-40(5,6)57(9,10)54)34(51)25-49-32-19-18-27(45-38(53)56-39(2,3)4)23-29(32)36(47-49)37(44)52/h13,15-16,18-19,23,26,31,54-55H,14,17,20-22,24-25H2,1-12H3,(H2,44,52)(H,45,53)(H,46,50)/t26-,31-/m1/s1. The normalized spacial score (nSPS) is 13.9. The first-order valence-corrected chi connectivity index (χ1v) is 26.0. The number of primary amides is 1. The SMILES string of the molecule is C[C@H](CCC(C)(C)[Si](C)(C)O)N(CC(=O)N[C@H](CCCC(C)(C)[Si](C)(C)O)c1cccc(Cl)c1F)C(=O)Cn1nc(C(N)=O)c2cc(NC(=O)OC(C)(C)C)ccc21. The fourth-order valence-corrected chi connectivity index (χ4v) is 7.99. The molecule has 17 heteroatoms. The molecule has 4 amide bonds. The van der Waals surface area contributed by atoms with Crippen LogP contribution in [-0.2, 0) is 20.9 Å². The molecule has 2 atom stereocenters. The molecule has 0 radical (unpaired) electrons. The van der Waals surface area contributed by atoms with Gasteiger partial charge in [-0.15, -0.1) is 0 Å². The van der Waals surface area contributed by atoms with E-state index in [1.54, 1.807) is 45.0 Å². The highest BCUT2D eigenvalue weighted by molar-refractivity contribution is 6.73. The number of carbonyl (C=O) groups excluding carboxylic acids is 4. The van der Waals surface area contributed by atoms with Crippen molar-refractivity contribution in [1.29, 1.82) is 0 Å². The Morgan fingerprint density at radius 1 is 0.966 bits per heavy atom. The van der Waals surface area contributed by atoms with Gasteiger partial charge in [0.05, 0.1) is 23.1 Å². The number of nitrogens with two attached hydrogens (primary N) is 1. The molecule has 3 rings (SSSR count). The zero-order valence-corrected chi connectivity index (χ0v) is 38.9. The predicted molar refractivity (Wildman–Crippen MR) is 232 cm³/mol. The lowest BCUT2D eigenvalue weighted by atomic mass is 9.97. The van der Waals surface area contributed by atoms with Gasteiger partial charge < -0.3 is 30.3 Å². The van der Waals surface area contributed by atoms with E-state index < -0.39 is 69.0 Å². The number of anilines is 1. The highest BCUT2D eigenvalue weighted by atomic mass is 35.5. The van der Waals surface area contributed by atoms with Crippen LogP contribution in [0.1, 0.15) is 110 Å². The highest BCUT2D eigenvalue weighted by Gasteiger charge is 2.39.